The van der Waals surface area contributed by atoms with Crippen LogP contribution in [0.3, 0.4) is 0 Å². The van der Waals surface area contributed by atoms with Crippen LogP contribution >= 0.6 is 0 Å². The molecule has 3 aliphatic rings. The molecule has 1 N–H and O–H groups in total. The summed E-state index contributed by atoms with van der Waals surface area (Å²) in [5.74, 6) is 1.02. The van der Waals surface area contributed by atoms with Crippen molar-refractivity contribution in [1.82, 2.24) is 30.0 Å². The van der Waals surface area contributed by atoms with Gasteiger partial charge < -0.3 is 19.7 Å². The van der Waals surface area contributed by atoms with Gasteiger partial charge in [0.1, 0.15) is 18.3 Å². The van der Waals surface area contributed by atoms with Gasteiger partial charge in [0.15, 0.2) is 11.9 Å². The van der Waals surface area contributed by atoms with Gasteiger partial charge in [-0.1, -0.05) is 0 Å². The Balaban J connectivity index is 1.28. The third-order valence-electron chi connectivity index (χ3n) is 7.85. The number of amides is 1. The first-order chi connectivity index (χ1) is 18.0. The maximum Gasteiger partial charge on any atom is 0.250 e. The highest BCUT2D eigenvalue weighted by molar-refractivity contribution is 5.82. The van der Waals surface area contributed by atoms with E-state index in [0.717, 1.165) is 35.0 Å². The predicted octanol–water partition coefficient (Wildman–Crippen LogP) is 1.60. The highest BCUT2D eigenvalue weighted by Crippen LogP contribution is 2.36. The molecule has 0 bridgehead atoms. The summed E-state index contributed by atoms with van der Waals surface area (Å²) in [5.41, 5.74) is 3.00. The molecule has 3 aromatic rings. The van der Waals surface area contributed by atoms with Gasteiger partial charge in [0, 0.05) is 37.5 Å². The van der Waals surface area contributed by atoms with Crippen molar-refractivity contribution in [2.45, 2.75) is 37.6 Å². The number of likely N-dealkylation sites (N-methyl/N-ethyl adjacent to an activating group) is 1. The molecule has 5 heterocycles. The number of halogens is 1. The largest absolute Gasteiger partial charge is 0.378 e. The number of aromatic nitrogens is 4. The van der Waals surface area contributed by atoms with Gasteiger partial charge in [-0.05, 0) is 43.1 Å². The number of nitrogens with zero attached hydrogens (tertiary/aromatic N) is 6. The lowest BCUT2D eigenvalue weighted by molar-refractivity contribution is -0.132. The number of carbonyl (C=O) groups is 1. The fourth-order valence-electron chi connectivity index (χ4n) is 5.63. The van der Waals surface area contributed by atoms with Crippen molar-refractivity contribution in [1.29, 1.82) is 0 Å². The van der Waals surface area contributed by atoms with E-state index in [4.69, 9.17) is 9.47 Å². The van der Waals surface area contributed by atoms with Gasteiger partial charge in [-0.3, -0.25) is 9.69 Å². The average Bonchev–Trinajstić information content (AvgIpc) is 3.30. The number of alkyl halides is 1. The van der Waals surface area contributed by atoms with Crippen LogP contribution in [-0.4, -0.2) is 102 Å². The molecule has 2 aromatic heterocycles. The van der Waals surface area contributed by atoms with Crippen LogP contribution in [-0.2, 0) is 14.3 Å². The number of piperidine rings is 1. The van der Waals surface area contributed by atoms with Gasteiger partial charge in [0.25, 0.3) is 5.91 Å². The lowest BCUT2D eigenvalue weighted by Gasteiger charge is -2.43. The Morgan fingerprint density at radius 1 is 1.14 bits per heavy atom. The monoisotopic (exact) mass is 509 g/mol. The number of hydrogen-bond acceptors (Lipinski definition) is 8. The second-order valence-corrected chi connectivity index (χ2v) is 10.1. The van der Waals surface area contributed by atoms with Crippen LogP contribution in [0.15, 0.2) is 30.7 Å². The Hall–Kier alpha value is -3.15. The number of carbonyl (C=O) groups excluding carboxylic acids is 1. The van der Waals surface area contributed by atoms with E-state index in [0.29, 0.717) is 57.1 Å². The van der Waals surface area contributed by atoms with E-state index in [-0.39, 0.29) is 11.8 Å². The van der Waals surface area contributed by atoms with E-state index >= 15 is 4.39 Å². The first-order valence-corrected chi connectivity index (χ1v) is 12.9. The van der Waals surface area contributed by atoms with Crippen LogP contribution in [0.25, 0.3) is 16.7 Å². The van der Waals surface area contributed by atoms with E-state index in [1.54, 1.807) is 11.7 Å². The fourth-order valence-corrected chi connectivity index (χ4v) is 5.63. The summed E-state index contributed by atoms with van der Waals surface area (Å²) in [7, 11) is 1.60. The minimum atomic E-state index is -0.929. The quantitative estimate of drug-likeness (QED) is 0.554. The molecule has 3 saturated heterocycles. The SMILES string of the molecule is CNC(=O)C1CN(c2cc(-n3ncc4cc(C)c(C5CCN(C6COC6)CC5F)cc43)ncn2)CCO1. The number of fused-ring (bicyclic) bond motifs is 1. The van der Waals surface area contributed by atoms with Gasteiger partial charge in [-0.2, -0.15) is 5.10 Å². The van der Waals surface area contributed by atoms with Crippen molar-refractivity contribution in [2.24, 2.45) is 0 Å². The molecular weight excluding hydrogens is 477 g/mol. The standard InChI is InChI=1S/C26H32FN7O3/c1-16-7-17-10-31-34(22(17)8-20(16)19-3-4-32(11-21(19)27)18-13-36-14-18)25-9-24(29-15-30-25)33-5-6-37-23(12-33)26(35)28-2/h7-10,15,18-19,21,23H,3-6,11-14H2,1-2H3,(H,28,35). The summed E-state index contributed by atoms with van der Waals surface area (Å²) in [4.78, 5) is 25.3. The van der Waals surface area contributed by atoms with Crippen molar-refractivity contribution in [3.8, 4) is 5.82 Å². The minimum Gasteiger partial charge on any atom is -0.378 e. The number of likely N-dealkylation sites (tertiary alicyclic amines) is 1. The molecule has 37 heavy (non-hydrogen) atoms. The zero-order valence-electron chi connectivity index (χ0n) is 21.1. The fraction of sp³-hybridized carbons (Fsp3) is 0.538. The molecule has 0 saturated carbocycles. The second-order valence-electron chi connectivity index (χ2n) is 10.1. The van der Waals surface area contributed by atoms with Crippen molar-refractivity contribution in [2.75, 3.05) is 57.9 Å². The maximum atomic E-state index is 15.4. The van der Waals surface area contributed by atoms with E-state index < -0.39 is 12.3 Å². The molecule has 3 aliphatic heterocycles. The minimum absolute atomic E-state index is 0.152. The van der Waals surface area contributed by atoms with Gasteiger partial charge in [-0.15, -0.1) is 0 Å². The molecule has 11 heteroatoms. The first-order valence-electron chi connectivity index (χ1n) is 12.9. The van der Waals surface area contributed by atoms with Gasteiger partial charge >= 0.3 is 0 Å². The Labute approximate surface area is 214 Å². The zero-order valence-corrected chi connectivity index (χ0v) is 21.1. The van der Waals surface area contributed by atoms with Crippen LogP contribution in [0.1, 0.15) is 23.5 Å². The van der Waals surface area contributed by atoms with Gasteiger partial charge in [0.2, 0.25) is 0 Å². The molecule has 0 aliphatic carbocycles. The number of benzene rings is 1. The molecule has 3 unspecified atom stereocenters. The van der Waals surface area contributed by atoms with E-state index in [9.17, 15) is 4.79 Å². The number of hydrogen-bond donors (Lipinski definition) is 1. The number of aryl methyl sites for hydroxylation is 1. The Morgan fingerprint density at radius 2 is 1.97 bits per heavy atom. The summed E-state index contributed by atoms with van der Waals surface area (Å²) in [6, 6.07) is 6.39. The number of anilines is 1. The number of nitrogens with one attached hydrogen (secondary N) is 1. The molecule has 0 spiro atoms. The number of ether oxygens (including phenoxy) is 2. The Morgan fingerprint density at radius 3 is 2.73 bits per heavy atom. The van der Waals surface area contributed by atoms with Crippen molar-refractivity contribution >= 4 is 22.6 Å². The molecule has 196 valence electrons. The van der Waals surface area contributed by atoms with E-state index in [1.165, 1.54) is 6.33 Å². The smallest absolute Gasteiger partial charge is 0.250 e. The highest BCUT2D eigenvalue weighted by atomic mass is 19.1. The van der Waals surface area contributed by atoms with Crippen LogP contribution in [0.2, 0.25) is 0 Å². The Kier molecular flexibility index (Phi) is 6.51. The van der Waals surface area contributed by atoms with Crippen molar-refractivity contribution in [3.05, 3.63) is 41.9 Å². The summed E-state index contributed by atoms with van der Waals surface area (Å²) < 4.78 is 28.1. The third kappa shape index (κ3) is 4.55. The van der Waals surface area contributed by atoms with Gasteiger partial charge in [0.05, 0.1) is 44.1 Å². The molecule has 3 fully saturated rings. The lowest BCUT2D eigenvalue weighted by atomic mass is 9.84. The van der Waals surface area contributed by atoms with Crippen molar-refractivity contribution < 1.29 is 18.7 Å². The predicted molar refractivity (Wildman–Crippen MR) is 136 cm³/mol. The van der Waals surface area contributed by atoms with Crippen LogP contribution in [0.5, 0.6) is 0 Å². The van der Waals surface area contributed by atoms with E-state index in [1.807, 2.05) is 17.2 Å². The number of rotatable bonds is 5. The van der Waals surface area contributed by atoms with Gasteiger partial charge in [-0.25, -0.2) is 19.0 Å². The zero-order chi connectivity index (χ0) is 25.5. The molecule has 1 aromatic carbocycles. The molecule has 10 nitrogen and oxygen atoms in total. The van der Waals surface area contributed by atoms with E-state index in [2.05, 4.69) is 44.3 Å². The van der Waals surface area contributed by atoms with Crippen LogP contribution < -0.4 is 10.2 Å². The van der Waals surface area contributed by atoms with Crippen molar-refractivity contribution in [3.63, 3.8) is 0 Å². The number of morpholine rings is 1. The summed E-state index contributed by atoms with van der Waals surface area (Å²) in [6.45, 7) is 6.25. The van der Waals surface area contributed by atoms with Crippen LogP contribution in [0, 0.1) is 6.92 Å². The summed E-state index contributed by atoms with van der Waals surface area (Å²) in [6.07, 6.45) is 2.62. The average molecular weight is 510 g/mol. The normalized spacial score (nSPS) is 25.3. The molecule has 6 rings (SSSR count). The molecule has 1 amide bonds. The lowest BCUT2D eigenvalue weighted by Crippen LogP contribution is -2.54. The Bertz CT molecular complexity index is 1300. The second kappa shape index (κ2) is 9.96. The molecule has 0 radical (unpaired) electrons. The summed E-state index contributed by atoms with van der Waals surface area (Å²) >= 11 is 0. The van der Waals surface area contributed by atoms with Crippen LogP contribution in [0.4, 0.5) is 10.2 Å². The molecule has 3 atom stereocenters. The first kappa shape index (κ1) is 24.2. The molecular formula is C26H32FN7O3. The summed E-state index contributed by atoms with van der Waals surface area (Å²) in [5, 5.41) is 8.23. The topological polar surface area (TPSA) is 97.6 Å². The highest BCUT2D eigenvalue weighted by Gasteiger charge is 2.36. The maximum absolute atomic E-state index is 15.4. The third-order valence-corrected chi connectivity index (χ3v) is 7.85.